The van der Waals surface area contributed by atoms with E-state index in [4.69, 9.17) is 4.74 Å². The fraction of sp³-hybridized carbons (Fsp3) is 0.350. The second-order valence-corrected chi connectivity index (χ2v) is 6.85. The van der Waals surface area contributed by atoms with Gasteiger partial charge in [0.25, 0.3) is 5.56 Å². The minimum Gasteiger partial charge on any atom is -0.497 e. The van der Waals surface area contributed by atoms with Crippen molar-refractivity contribution in [2.75, 3.05) is 27.2 Å². The van der Waals surface area contributed by atoms with E-state index in [2.05, 4.69) is 33.0 Å². The van der Waals surface area contributed by atoms with Crippen LogP contribution in [0.15, 0.2) is 41.3 Å². The standard InChI is InChI=1S/C20H22N4O2/c1-24-9-6-13(7-10-24)14-3-4-17-16(11-14)20(25)23-19(22-17)18-12-15(26-2)5-8-21-18/h3-5,8,11-13H,6-7,9-10H2,1-2H3,(H,22,23,25). The number of likely N-dealkylation sites (tertiary alicyclic amines) is 1. The first-order valence-electron chi connectivity index (χ1n) is 8.87. The highest BCUT2D eigenvalue weighted by molar-refractivity contribution is 5.80. The smallest absolute Gasteiger partial charge is 0.259 e. The normalized spacial score (nSPS) is 16.1. The van der Waals surface area contributed by atoms with Crippen LogP contribution in [-0.4, -0.2) is 47.1 Å². The van der Waals surface area contributed by atoms with Crippen LogP contribution in [-0.2, 0) is 0 Å². The maximum atomic E-state index is 12.7. The summed E-state index contributed by atoms with van der Waals surface area (Å²) in [5.41, 5.74) is 2.36. The van der Waals surface area contributed by atoms with E-state index in [0.717, 1.165) is 25.9 Å². The zero-order valence-electron chi connectivity index (χ0n) is 15.0. The third-order valence-corrected chi connectivity index (χ3v) is 5.13. The molecule has 6 nitrogen and oxygen atoms in total. The Morgan fingerprint density at radius 3 is 2.77 bits per heavy atom. The van der Waals surface area contributed by atoms with Crippen molar-refractivity contribution in [3.8, 4) is 17.3 Å². The third-order valence-electron chi connectivity index (χ3n) is 5.13. The lowest BCUT2D eigenvalue weighted by atomic mass is 9.89. The van der Waals surface area contributed by atoms with Crippen LogP contribution in [0, 0.1) is 0 Å². The molecule has 1 fully saturated rings. The molecular weight excluding hydrogens is 328 g/mol. The monoisotopic (exact) mass is 350 g/mol. The van der Waals surface area contributed by atoms with Crippen molar-refractivity contribution in [2.24, 2.45) is 0 Å². The highest BCUT2D eigenvalue weighted by Gasteiger charge is 2.19. The second kappa shape index (κ2) is 6.88. The van der Waals surface area contributed by atoms with E-state index in [-0.39, 0.29) is 5.56 Å². The minimum atomic E-state index is -0.135. The van der Waals surface area contributed by atoms with E-state index in [1.54, 1.807) is 25.4 Å². The van der Waals surface area contributed by atoms with Crippen LogP contribution in [0.4, 0.5) is 0 Å². The van der Waals surface area contributed by atoms with E-state index in [9.17, 15) is 4.79 Å². The van der Waals surface area contributed by atoms with Gasteiger partial charge in [-0.1, -0.05) is 6.07 Å². The molecule has 0 unspecified atom stereocenters. The Balaban J connectivity index is 1.72. The summed E-state index contributed by atoms with van der Waals surface area (Å²) in [4.78, 5) is 26.7. The van der Waals surface area contributed by atoms with Crippen molar-refractivity contribution < 1.29 is 4.74 Å². The molecule has 26 heavy (non-hydrogen) atoms. The van der Waals surface area contributed by atoms with Crippen molar-refractivity contribution in [1.29, 1.82) is 0 Å². The number of rotatable bonds is 3. The van der Waals surface area contributed by atoms with Gasteiger partial charge in [-0.25, -0.2) is 4.98 Å². The molecule has 4 rings (SSSR count). The fourth-order valence-electron chi connectivity index (χ4n) is 3.54. The first-order chi connectivity index (χ1) is 12.6. The first-order valence-corrected chi connectivity index (χ1v) is 8.87. The number of nitrogens with zero attached hydrogens (tertiary/aromatic N) is 3. The van der Waals surface area contributed by atoms with E-state index in [0.29, 0.717) is 34.1 Å². The number of ether oxygens (including phenoxy) is 1. The number of nitrogens with one attached hydrogen (secondary N) is 1. The average Bonchev–Trinajstić information content (AvgIpc) is 2.68. The lowest BCUT2D eigenvalue weighted by Crippen LogP contribution is -2.29. The Morgan fingerprint density at radius 2 is 2.00 bits per heavy atom. The van der Waals surface area contributed by atoms with Crippen LogP contribution < -0.4 is 10.3 Å². The Hall–Kier alpha value is -2.73. The molecule has 0 bridgehead atoms. The van der Waals surface area contributed by atoms with Crippen molar-refractivity contribution in [3.63, 3.8) is 0 Å². The molecule has 3 heterocycles. The zero-order chi connectivity index (χ0) is 18.1. The van der Waals surface area contributed by atoms with E-state index in [1.807, 2.05) is 12.1 Å². The topological polar surface area (TPSA) is 71.1 Å². The van der Waals surface area contributed by atoms with Crippen molar-refractivity contribution in [2.45, 2.75) is 18.8 Å². The number of fused-ring (bicyclic) bond motifs is 1. The molecule has 1 aliphatic rings. The van der Waals surface area contributed by atoms with Gasteiger partial charge in [0.15, 0.2) is 5.82 Å². The summed E-state index contributed by atoms with van der Waals surface area (Å²) >= 11 is 0. The molecule has 0 amide bonds. The number of hydrogen-bond acceptors (Lipinski definition) is 5. The molecule has 134 valence electrons. The zero-order valence-corrected chi connectivity index (χ0v) is 15.0. The van der Waals surface area contributed by atoms with Gasteiger partial charge >= 0.3 is 0 Å². The lowest BCUT2D eigenvalue weighted by molar-refractivity contribution is 0.255. The highest BCUT2D eigenvalue weighted by Crippen LogP contribution is 2.29. The molecule has 0 aliphatic carbocycles. The molecule has 0 saturated carbocycles. The van der Waals surface area contributed by atoms with Gasteiger partial charge < -0.3 is 14.6 Å². The van der Waals surface area contributed by atoms with Gasteiger partial charge in [0.2, 0.25) is 0 Å². The van der Waals surface area contributed by atoms with Crippen LogP contribution in [0.5, 0.6) is 5.75 Å². The van der Waals surface area contributed by atoms with Gasteiger partial charge in [0.1, 0.15) is 11.4 Å². The maximum absolute atomic E-state index is 12.7. The van der Waals surface area contributed by atoms with Crippen LogP contribution in [0.25, 0.3) is 22.4 Å². The van der Waals surface area contributed by atoms with E-state index < -0.39 is 0 Å². The third kappa shape index (κ3) is 3.20. The Morgan fingerprint density at radius 1 is 1.19 bits per heavy atom. The SMILES string of the molecule is COc1ccnc(-c2nc3ccc(C4CCN(C)CC4)cc3c(=O)[nH]2)c1. The van der Waals surface area contributed by atoms with Crippen molar-refractivity contribution >= 4 is 10.9 Å². The van der Waals surface area contributed by atoms with Crippen LogP contribution in [0.3, 0.4) is 0 Å². The van der Waals surface area contributed by atoms with Crippen molar-refractivity contribution in [3.05, 3.63) is 52.4 Å². The minimum absolute atomic E-state index is 0.135. The van der Waals surface area contributed by atoms with Crippen LogP contribution in [0.2, 0.25) is 0 Å². The summed E-state index contributed by atoms with van der Waals surface area (Å²) in [6, 6.07) is 9.57. The quantitative estimate of drug-likeness (QED) is 0.786. The molecule has 3 aromatic rings. The summed E-state index contributed by atoms with van der Waals surface area (Å²) in [5.74, 6) is 1.64. The molecule has 2 aromatic heterocycles. The van der Waals surface area contributed by atoms with Crippen molar-refractivity contribution in [1.82, 2.24) is 19.9 Å². The van der Waals surface area contributed by atoms with E-state index >= 15 is 0 Å². The predicted octanol–water partition coefficient (Wildman–Crippen LogP) is 2.80. The second-order valence-electron chi connectivity index (χ2n) is 6.85. The molecule has 0 spiro atoms. The number of benzene rings is 1. The Bertz CT molecular complexity index is 991. The molecule has 1 aromatic carbocycles. The van der Waals surface area contributed by atoms with Gasteiger partial charge in [-0.05, 0) is 62.7 Å². The maximum Gasteiger partial charge on any atom is 0.259 e. The number of H-pyrrole nitrogens is 1. The van der Waals surface area contributed by atoms with E-state index in [1.165, 1.54) is 5.56 Å². The van der Waals surface area contributed by atoms with Gasteiger partial charge in [-0.15, -0.1) is 0 Å². The molecule has 1 saturated heterocycles. The molecule has 0 atom stereocenters. The number of pyridine rings is 1. The molecule has 6 heteroatoms. The van der Waals surface area contributed by atoms with Crippen LogP contribution >= 0.6 is 0 Å². The number of hydrogen-bond donors (Lipinski definition) is 1. The predicted molar refractivity (Wildman–Crippen MR) is 102 cm³/mol. The number of aromatic nitrogens is 3. The van der Waals surface area contributed by atoms with Gasteiger partial charge in [0.05, 0.1) is 18.0 Å². The summed E-state index contributed by atoms with van der Waals surface area (Å²) in [7, 11) is 3.75. The summed E-state index contributed by atoms with van der Waals surface area (Å²) in [6.45, 7) is 2.19. The van der Waals surface area contributed by atoms with Crippen LogP contribution in [0.1, 0.15) is 24.3 Å². The van der Waals surface area contributed by atoms with Gasteiger partial charge in [-0.2, -0.15) is 0 Å². The number of methoxy groups -OCH3 is 1. The average molecular weight is 350 g/mol. The largest absolute Gasteiger partial charge is 0.497 e. The summed E-state index contributed by atoms with van der Waals surface area (Å²) in [6.07, 6.45) is 3.89. The molecule has 1 N–H and O–H groups in total. The number of piperidine rings is 1. The molecule has 0 radical (unpaired) electrons. The number of aromatic amines is 1. The first kappa shape index (κ1) is 16.7. The van der Waals surface area contributed by atoms with Gasteiger partial charge in [-0.3, -0.25) is 9.78 Å². The Labute approximate surface area is 151 Å². The summed E-state index contributed by atoms with van der Waals surface area (Å²) in [5, 5.41) is 0.632. The Kier molecular flexibility index (Phi) is 4.42. The lowest BCUT2D eigenvalue weighted by Gasteiger charge is -2.29. The fourth-order valence-corrected chi connectivity index (χ4v) is 3.54. The molecule has 1 aliphatic heterocycles. The highest BCUT2D eigenvalue weighted by atomic mass is 16.5. The molecular formula is C20H22N4O2. The summed E-state index contributed by atoms with van der Waals surface area (Å²) < 4.78 is 5.22. The van der Waals surface area contributed by atoms with Gasteiger partial charge in [0, 0.05) is 12.3 Å².